The van der Waals surface area contributed by atoms with Gasteiger partial charge in [0.05, 0.1) is 17.6 Å². The van der Waals surface area contributed by atoms with Crippen LogP contribution in [0.4, 0.5) is 0 Å². The van der Waals surface area contributed by atoms with Gasteiger partial charge in [-0.15, -0.1) is 0 Å². The maximum Gasteiger partial charge on any atom is 0.157 e. The molecule has 2 aromatic carbocycles. The zero-order valence-corrected chi connectivity index (χ0v) is 14.2. The number of sulfone groups is 1. The van der Waals surface area contributed by atoms with Crippen molar-refractivity contribution in [1.29, 1.82) is 0 Å². The number of halogens is 2. The van der Waals surface area contributed by atoms with E-state index in [4.69, 9.17) is 11.6 Å². The predicted molar refractivity (Wildman–Crippen MR) is 88.0 cm³/mol. The largest absolute Gasteiger partial charge is 0.387 e. The van der Waals surface area contributed by atoms with Crippen molar-refractivity contribution in [2.24, 2.45) is 0 Å². The fraction of sp³-hybridized carbons (Fsp3) is 0.200. The zero-order chi connectivity index (χ0) is 15.5. The van der Waals surface area contributed by atoms with E-state index < -0.39 is 15.9 Å². The summed E-state index contributed by atoms with van der Waals surface area (Å²) in [6.07, 6.45) is -1.03. The Morgan fingerprint density at radius 1 is 1.05 bits per heavy atom. The van der Waals surface area contributed by atoms with Gasteiger partial charge >= 0.3 is 0 Å². The molecule has 0 heterocycles. The Morgan fingerprint density at radius 2 is 1.62 bits per heavy atom. The molecule has 0 aliphatic heterocycles. The lowest BCUT2D eigenvalue weighted by molar-refractivity contribution is 0.201. The maximum atomic E-state index is 12.1. The number of benzene rings is 2. The molecule has 0 amide bonds. The van der Waals surface area contributed by atoms with E-state index >= 15 is 0 Å². The van der Waals surface area contributed by atoms with Crippen LogP contribution in [0.15, 0.2) is 53.0 Å². The second-order valence-electron chi connectivity index (χ2n) is 4.75. The minimum atomic E-state index is -3.41. The lowest BCUT2D eigenvalue weighted by Crippen LogP contribution is -2.16. The van der Waals surface area contributed by atoms with Crippen molar-refractivity contribution in [2.75, 3.05) is 5.75 Å². The molecule has 112 valence electrons. The Bertz CT molecular complexity index is 697. The number of rotatable bonds is 5. The van der Waals surface area contributed by atoms with Crippen LogP contribution in [0.1, 0.15) is 17.2 Å². The number of aliphatic hydroxyl groups excluding tert-OH is 1. The summed E-state index contributed by atoms with van der Waals surface area (Å²) in [7, 11) is -3.41. The number of aliphatic hydroxyl groups is 1. The molecule has 0 aliphatic rings. The fourth-order valence-electron chi connectivity index (χ4n) is 1.92. The summed E-state index contributed by atoms with van der Waals surface area (Å²) in [4.78, 5) is 0. The lowest BCUT2D eigenvalue weighted by Gasteiger charge is -2.12. The molecule has 1 atom stereocenters. The molecule has 0 spiro atoms. The normalized spacial score (nSPS) is 13.1. The second kappa shape index (κ2) is 6.92. The molecule has 1 N–H and O–H groups in total. The van der Waals surface area contributed by atoms with Crippen molar-refractivity contribution in [3.63, 3.8) is 0 Å². The van der Waals surface area contributed by atoms with E-state index in [1.807, 2.05) is 0 Å². The van der Waals surface area contributed by atoms with Crippen molar-refractivity contribution in [3.05, 3.63) is 69.2 Å². The van der Waals surface area contributed by atoms with E-state index in [1.54, 1.807) is 48.5 Å². The molecule has 21 heavy (non-hydrogen) atoms. The summed E-state index contributed by atoms with van der Waals surface area (Å²) in [5, 5.41) is 10.6. The Kier molecular flexibility index (Phi) is 5.43. The van der Waals surface area contributed by atoms with E-state index in [2.05, 4.69) is 15.9 Å². The minimum Gasteiger partial charge on any atom is -0.387 e. The van der Waals surface area contributed by atoms with Gasteiger partial charge in [-0.2, -0.15) is 0 Å². The van der Waals surface area contributed by atoms with Gasteiger partial charge in [-0.25, -0.2) is 8.42 Å². The van der Waals surface area contributed by atoms with Gasteiger partial charge in [-0.3, -0.25) is 0 Å². The smallest absolute Gasteiger partial charge is 0.157 e. The standard InChI is InChI=1S/C15H14BrClO3S/c16-13-5-3-12(4-6-13)15(18)10-21(19,20)9-11-1-7-14(17)8-2-11/h1-8,15,18H,9-10H2. The predicted octanol–water partition coefficient (Wildman–Crippen LogP) is 3.75. The van der Waals surface area contributed by atoms with Crippen molar-refractivity contribution in [1.82, 2.24) is 0 Å². The molecule has 2 rings (SSSR count). The maximum absolute atomic E-state index is 12.1. The topological polar surface area (TPSA) is 54.4 Å². The molecule has 0 bridgehead atoms. The Morgan fingerprint density at radius 3 is 2.19 bits per heavy atom. The molecule has 2 aromatic rings. The first-order chi connectivity index (χ1) is 9.85. The van der Waals surface area contributed by atoms with Crippen LogP contribution < -0.4 is 0 Å². The summed E-state index contributed by atoms with van der Waals surface area (Å²) in [5.74, 6) is -0.422. The highest BCUT2D eigenvalue weighted by molar-refractivity contribution is 9.10. The van der Waals surface area contributed by atoms with Crippen molar-refractivity contribution < 1.29 is 13.5 Å². The van der Waals surface area contributed by atoms with E-state index in [-0.39, 0.29) is 11.5 Å². The highest BCUT2D eigenvalue weighted by atomic mass is 79.9. The average molecular weight is 390 g/mol. The van der Waals surface area contributed by atoms with Gasteiger partial charge in [-0.05, 0) is 35.4 Å². The molecule has 6 heteroatoms. The average Bonchev–Trinajstić information content (AvgIpc) is 2.41. The molecular formula is C15H14BrClO3S. The lowest BCUT2D eigenvalue weighted by atomic mass is 10.1. The summed E-state index contributed by atoms with van der Waals surface area (Å²) in [6, 6.07) is 13.6. The van der Waals surface area contributed by atoms with Crippen LogP contribution >= 0.6 is 27.5 Å². The van der Waals surface area contributed by atoms with Gasteiger partial charge in [0, 0.05) is 9.50 Å². The molecule has 0 saturated carbocycles. The first-order valence-electron chi connectivity index (χ1n) is 6.24. The Balaban J connectivity index is 2.06. The zero-order valence-electron chi connectivity index (χ0n) is 11.0. The van der Waals surface area contributed by atoms with Gasteiger partial charge in [0.2, 0.25) is 0 Å². The minimum absolute atomic E-state index is 0.113. The third-order valence-corrected chi connectivity index (χ3v) is 5.34. The van der Waals surface area contributed by atoms with E-state index in [1.165, 1.54) is 0 Å². The summed E-state index contributed by atoms with van der Waals surface area (Å²) in [6.45, 7) is 0. The second-order valence-corrected chi connectivity index (χ2v) is 8.21. The summed E-state index contributed by atoms with van der Waals surface area (Å²) in [5.41, 5.74) is 1.24. The van der Waals surface area contributed by atoms with Crippen LogP contribution in [0.5, 0.6) is 0 Å². The van der Waals surface area contributed by atoms with Gasteiger partial charge in [0.15, 0.2) is 9.84 Å². The number of hydrogen-bond donors (Lipinski definition) is 1. The quantitative estimate of drug-likeness (QED) is 0.847. The third-order valence-electron chi connectivity index (χ3n) is 2.97. The molecule has 0 aromatic heterocycles. The molecule has 0 saturated heterocycles. The SMILES string of the molecule is O=S(=O)(Cc1ccc(Cl)cc1)CC(O)c1ccc(Br)cc1. The van der Waals surface area contributed by atoms with Gasteiger partial charge in [0.1, 0.15) is 0 Å². The molecular weight excluding hydrogens is 376 g/mol. The van der Waals surface area contributed by atoms with Crippen molar-refractivity contribution >= 4 is 37.4 Å². The molecule has 0 fully saturated rings. The third kappa shape index (κ3) is 5.11. The molecule has 3 nitrogen and oxygen atoms in total. The van der Waals surface area contributed by atoms with E-state index in [9.17, 15) is 13.5 Å². The number of hydrogen-bond acceptors (Lipinski definition) is 3. The van der Waals surface area contributed by atoms with Gasteiger partial charge < -0.3 is 5.11 Å². The molecule has 1 unspecified atom stereocenters. The first-order valence-corrected chi connectivity index (χ1v) is 9.23. The molecule has 0 radical (unpaired) electrons. The van der Waals surface area contributed by atoms with Crippen LogP contribution in [-0.2, 0) is 15.6 Å². The van der Waals surface area contributed by atoms with Crippen LogP contribution in [-0.4, -0.2) is 19.3 Å². The summed E-state index contributed by atoms with van der Waals surface area (Å²) >= 11 is 9.06. The van der Waals surface area contributed by atoms with Crippen molar-refractivity contribution in [3.8, 4) is 0 Å². The monoisotopic (exact) mass is 388 g/mol. The van der Waals surface area contributed by atoms with Crippen LogP contribution in [0, 0.1) is 0 Å². The van der Waals surface area contributed by atoms with Crippen LogP contribution in [0.2, 0.25) is 5.02 Å². The van der Waals surface area contributed by atoms with Crippen LogP contribution in [0.3, 0.4) is 0 Å². The fourth-order valence-corrected chi connectivity index (χ4v) is 3.80. The van der Waals surface area contributed by atoms with Crippen molar-refractivity contribution in [2.45, 2.75) is 11.9 Å². The summed E-state index contributed by atoms with van der Waals surface area (Å²) < 4.78 is 25.1. The van der Waals surface area contributed by atoms with E-state index in [0.29, 0.717) is 16.1 Å². The van der Waals surface area contributed by atoms with Crippen LogP contribution in [0.25, 0.3) is 0 Å². The Hall–Kier alpha value is -0.880. The highest BCUT2D eigenvalue weighted by Gasteiger charge is 2.19. The van der Waals surface area contributed by atoms with Gasteiger partial charge in [-0.1, -0.05) is 51.8 Å². The first kappa shape index (κ1) is 16.5. The highest BCUT2D eigenvalue weighted by Crippen LogP contribution is 2.20. The molecule has 0 aliphatic carbocycles. The van der Waals surface area contributed by atoms with E-state index in [0.717, 1.165) is 4.47 Å². The van der Waals surface area contributed by atoms with Gasteiger partial charge in [0.25, 0.3) is 0 Å². The Labute approximate surface area is 137 Å².